The smallest absolute Gasteiger partial charge is 0.119 e. The maximum atomic E-state index is 5.96. The van der Waals surface area contributed by atoms with E-state index >= 15 is 0 Å². The van der Waals surface area contributed by atoms with Gasteiger partial charge in [0.15, 0.2) is 0 Å². The molecule has 0 heterocycles. The van der Waals surface area contributed by atoms with Gasteiger partial charge in [-0.3, -0.25) is 0 Å². The molecular weight excluding hydrogens is 246 g/mol. The SMILES string of the molecule is CCc1ccc(CC(CN)c2cccc(OC)c2)cc1. The minimum atomic E-state index is 0.331. The van der Waals surface area contributed by atoms with Crippen LogP contribution in [0.2, 0.25) is 0 Å². The molecule has 2 N–H and O–H groups in total. The van der Waals surface area contributed by atoms with E-state index < -0.39 is 0 Å². The number of methoxy groups -OCH3 is 1. The molecule has 20 heavy (non-hydrogen) atoms. The average molecular weight is 269 g/mol. The largest absolute Gasteiger partial charge is 0.497 e. The van der Waals surface area contributed by atoms with E-state index in [1.165, 1.54) is 16.7 Å². The fraction of sp³-hybridized carbons (Fsp3) is 0.333. The number of benzene rings is 2. The second kappa shape index (κ2) is 7.11. The highest BCUT2D eigenvalue weighted by Crippen LogP contribution is 2.24. The molecule has 0 radical (unpaired) electrons. The zero-order valence-electron chi connectivity index (χ0n) is 12.3. The highest BCUT2D eigenvalue weighted by molar-refractivity contribution is 5.33. The van der Waals surface area contributed by atoms with Crippen molar-refractivity contribution in [2.24, 2.45) is 5.73 Å². The number of hydrogen-bond acceptors (Lipinski definition) is 2. The molecule has 0 aromatic heterocycles. The minimum Gasteiger partial charge on any atom is -0.497 e. The van der Waals surface area contributed by atoms with Gasteiger partial charge in [0.05, 0.1) is 7.11 Å². The molecule has 2 heteroatoms. The van der Waals surface area contributed by atoms with Gasteiger partial charge in [0, 0.05) is 5.92 Å². The summed E-state index contributed by atoms with van der Waals surface area (Å²) in [7, 11) is 1.69. The lowest BCUT2D eigenvalue weighted by atomic mass is 9.91. The van der Waals surface area contributed by atoms with Gasteiger partial charge in [-0.15, -0.1) is 0 Å². The Morgan fingerprint density at radius 3 is 2.35 bits per heavy atom. The molecule has 0 fully saturated rings. The van der Waals surface area contributed by atoms with E-state index in [4.69, 9.17) is 10.5 Å². The Labute approximate surface area is 121 Å². The molecule has 1 atom stereocenters. The van der Waals surface area contributed by atoms with Crippen molar-refractivity contribution >= 4 is 0 Å². The van der Waals surface area contributed by atoms with Crippen LogP contribution in [0.3, 0.4) is 0 Å². The van der Waals surface area contributed by atoms with Crippen LogP contribution in [-0.4, -0.2) is 13.7 Å². The molecule has 0 amide bonds. The third-order valence-corrected chi connectivity index (χ3v) is 3.76. The summed E-state index contributed by atoms with van der Waals surface area (Å²) in [6.45, 7) is 2.82. The molecular formula is C18H23NO. The van der Waals surface area contributed by atoms with Gasteiger partial charge in [0.25, 0.3) is 0 Å². The molecule has 0 aliphatic rings. The average Bonchev–Trinajstić information content (AvgIpc) is 2.53. The highest BCUT2D eigenvalue weighted by atomic mass is 16.5. The first-order chi connectivity index (χ1) is 9.76. The molecule has 0 aliphatic heterocycles. The number of nitrogens with two attached hydrogens (primary N) is 1. The monoisotopic (exact) mass is 269 g/mol. The van der Waals surface area contributed by atoms with Crippen LogP contribution < -0.4 is 10.5 Å². The summed E-state index contributed by atoms with van der Waals surface area (Å²) >= 11 is 0. The standard InChI is InChI=1S/C18H23NO/c1-3-14-7-9-15(10-8-14)11-17(13-19)16-5-4-6-18(12-16)20-2/h4-10,12,17H,3,11,13,19H2,1-2H3. The molecule has 106 valence electrons. The lowest BCUT2D eigenvalue weighted by Gasteiger charge is -2.16. The molecule has 2 rings (SSSR count). The van der Waals surface area contributed by atoms with Crippen LogP contribution in [0.4, 0.5) is 0 Å². The molecule has 0 saturated carbocycles. The Bertz CT molecular complexity index is 533. The van der Waals surface area contributed by atoms with Gasteiger partial charge in [-0.25, -0.2) is 0 Å². The summed E-state index contributed by atoms with van der Waals surface area (Å²) in [6.07, 6.45) is 2.05. The van der Waals surface area contributed by atoms with E-state index in [2.05, 4.69) is 43.3 Å². The van der Waals surface area contributed by atoms with Crippen molar-refractivity contribution in [3.63, 3.8) is 0 Å². The minimum absolute atomic E-state index is 0.331. The van der Waals surface area contributed by atoms with E-state index in [0.717, 1.165) is 18.6 Å². The first-order valence-electron chi connectivity index (χ1n) is 7.18. The number of aryl methyl sites for hydroxylation is 1. The number of hydrogen-bond donors (Lipinski definition) is 1. The first kappa shape index (κ1) is 14.6. The summed E-state index contributed by atoms with van der Waals surface area (Å²) in [4.78, 5) is 0. The van der Waals surface area contributed by atoms with Crippen molar-refractivity contribution < 1.29 is 4.74 Å². The van der Waals surface area contributed by atoms with Crippen molar-refractivity contribution in [1.29, 1.82) is 0 Å². The van der Waals surface area contributed by atoms with Crippen molar-refractivity contribution in [1.82, 2.24) is 0 Å². The summed E-state index contributed by atoms with van der Waals surface area (Å²) in [6, 6.07) is 17.0. The van der Waals surface area contributed by atoms with E-state index in [-0.39, 0.29) is 0 Å². The molecule has 2 aromatic rings. The van der Waals surface area contributed by atoms with Crippen LogP contribution >= 0.6 is 0 Å². The van der Waals surface area contributed by atoms with Gasteiger partial charge in [-0.05, 0) is 48.2 Å². The molecule has 0 spiro atoms. The van der Waals surface area contributed by atoms with E-state index in [9.17, 15) is 0 Å². The van der Waals surface area contributed by atoms with Crippen LogP contribution in [0.25, 0.3) is 0 Å². The third kappa shape index (κ3) is 3.61. The summed E-state index contributed by atoms with van der Waals surface area (Å²) in [5.74, 6) is 1.22. The zero-order valence-corrected chi connectivity index (χ0v) is 12.3. The van der Waals surface area contributed by atoms with Gasteiger partial charge in [-0.1, -0.05) is 43.3 Å². The summed E-state index contributed by atoms with van der Waals surface area (Å²) in [5, 5.41) is 0. The maximum absolute atomic E-state index is 5.96. The van der Waals surface area contributed by atoms with Crippen molar-refractivity contribution in [2.75, 3.05) is 13.7 Å². The van der Waals surface area contributed by atoms with Crippen molar-refractivity contribution in [2.45, 2.75) is 25.7 Å². The fourth-order valence-corrected chi connectivity index (χ4v) is 2.43. The second-order valence-corrected chi connectivity index (χ2v) is 5.08. The van der Waals surface area contributed by atoms with Crippen LogP contribution in [0.1, 0.15) is 29.5 Å². The predicted molar refractivity (Wildman–Crippen MR) is 84.3 cm³/mol. The summed E-state index contributed by atoms with van der Waals surface area (Å²) in [5.41, 5.74) is 9.91. The third-order valence-electron chi connectivity index (χ3n) is 3.76. The van der Waals surface area contributed by atoms with Gasteiger partial charge in [-0.2, -0.15) is 0 Å². The maximum Gasteiger partial charge on any atom is 0.119 e. The zero-order chi connectivity index (χ0) is 14.4. The Morgan fingerprint density at radius 1 is 1.05 bits per heavy atom. The molecule has 0 bridgehead atoms. The van der Waals surface area contributed by atoms with Crippen molar-refractivity contribution in [3.05, 3.63) is 65.2 Å². The lowest BCUT2D eigenvalue weighted by Crippen LogP contribution is -2.15. The van der Waals surface area contributed by atoms with E-state index in [1.807, 2.05) is 12.1 Å². The van der Waals surface area contributed by atoms with Crippen LogP contribution in [0.5, 0.6) is 5.75 Å². The van der Waals surface area contributed by atoms with E-state index in [1.54, 1.807) is 7.11 Å². The Hall–Kier alpha value is -1.80. The van der Waals surface area contributed by atoms with Gasteiger partial charge in [0.2, 0.25) is 0 Å². The quantitative estimate of drug-likeness (QED) is 0.870. The van der Waals surface area contributed by atoms with Crippen LogP contribution in [0.15, 0.2) is 48.5 Å². The van der Waals surface area contributed by atoms with Gasteiger partial charge >= 0.3 is 0 Å². The van der Waals surface area contributed by atoms with E-state index in [0.29, 0.717) is 12.5 Å². The topological polar surface area (TPSA) is 35.2 Å². The molecule has 0 aliphatic carbocycles. The second-order valence-electron chi connectivity index (χ2n) is 5.08. The highest BCUT2D eigenvalue weighted by Gasteiger charge is 2.11. The molecule has 1 unspecified atom stereocenters. The van der Waals surface area contributed by atoms with Gasteiger partial charge < -0.3 is 10.5 Å². The summed E-state index contributed by atoms with van der Waals surface area (Å²) < 4.78 is 5.29. The molecule has 2 nitrogen and oxygen atoms in total. The predicted octanol–water partition coefficient (Wildman–Crippen LogP) is 3.54. The van der Waals surface area contributed by atoms with Gasteiger partial charge in [0.1, 0.15) is 5.75 Å². The van der Waals surface area contributed by atoms with Crippen LogP contribution in [0, 0.1) is 0 Å². The number of ether oxygens (including phenoxy) is 1. The van der Waals surface area contributed by atoms with Crippen molar-refractivity contribution in [3.8, 4) is 5.75 Å². The Kier molecular flexibility index (Phi) is 5.19. The normalized spacial score (nSPS) is 12.2. The molecule has 0 saturated heterocycles. The Morgan fingerprint density at radius 2 is 1.75 bits per heavy atom. The number of rotatable bonds is 6. The molecule has 2 aromatic carbocycles. The lowest BCUT2D eigenvalue weighted by molar-refractivity contribution is 0.413. The first-order valence-corrected chi connectivity index (χ1v) is 7.18. The fourth-order valence-electron chi connectivity index (χ4n) is 2.43. The van der Waals surface area contributed by atoms with Crippen LogP contribution in [-0.2, 0) is 12.8 Å². The Balaban J connectivity index is 2.14.